The van der Waals surface area contributed by atoms with Gasteiger partial charge in [-0.25, -0.2) is 4.79 Å². The Balaban J connectivity index is 1.62. The Morgan fingerprint density at radius 2 is 2.04 bits per heavy atom. The third-order valence-electron chi connectivity index (χ3n) is 5.23. The number of hydrogen-bond donors (Lipinski definition) is 2. The standard InChI is InChI=1S/C19H25N3O4/c1-13(14-7-6-8-15(11-14)26-2)20-16(23)12-22-17(24)19(21-18(22)25)9-4-3-5-10-19/h6-8,11,13H,3-5,9-10,12H2,1-2H3,(H,20,23)(H,21,25). The topological polar surface area (TPSA) is 87.7 Å². The molecule has 1 unspecified atom stereocenters. The third-order valence-corrected chi connectivity index (χ3v) is 5.23. The lowest BCUT2D eigenvalue weighted by atomic mass is 9.82. The molecular weight excluding hydrogens is 334 g/mol. The van der Waals surface area contributed by atoms with Crippen LogP contribution in [0.1, 0.15) is 50.6 Å². The Morgan fingerprint density at radius 1 is 1.31 bits per heavy atom. The van der Waals surface area contributed by atoms with Crippen LogP contribution in [0, 0.1) is 0 Å². The molecule has 1 spiro atoms. The largest absolute Gasteiger partial charge is 0.497 e. The van der Waals surface area contributed by atoms with Crippen LogP contribution in [0.3, 0.4) is 0 Å². The molecule has 1 aromatic rings. The maximum atomic E-state index is 12.7. The highest BCUT2D eigenvalue weighted by Crippen LogP contribution is 2.33. The first kappa shape index (κ1) is 18.2. The zero-order valence-electron chi connectivity index (χ0n) is 15.2. The van der Waals surface area contributed by atoms with Gasteiger partial charge < -0.3 is 15.4 Å². The minimum atomic E-state index is -0.798. The first-order chi connectivity index (χ1) is 12.4. The van der Waals surface area contributed by atoms with Gasteiger partial charge in [0.2, 0.25) is 5.91 Å². The van der Waals surface area contributed by atoms with Gasteiger partial charge in [-0.2, -0.15) is 0 Å². The molecule has 0 radical (unpaired) electrons. The Labute approximate surface area is 153 Å². The number of carbonyl (C=O) groups excluding carboxylic acids is 3. The number of amides is 4. The van der Waals surface area contributed by atoms with Crippen molar-refractivity contribution in [2.24, 2.45) is 0 Å². The molecule has 1 saturated carbocycles. The minimum Gasteiger partial charge on any atom is -0.497 e. The van der Waals surface area contributed by atoms with E-state index in [1.54, 1.807) is 7.11 Å². The average molecular weight is 359 g/mol. The van der Waals surface area contributed by atoms with Crippen molar-refractivity contribution in [2.75, 3.05) is 13.7 Å². The predicted molar refractivity (Wildman–Crippen MR) is 95.6 cm³/mol. The molecule has 7 nitrogen and oxygen atoms in total. The van der Waals surface area contributed by atoms with Crippen LogP contribution in [0.2, 0.25) is 0 Å². The van der Waals surface area contributed by atoms with E-state index in [9.17, 15) is 14.4 Å². The number of hydrogen-bond acceptors (Lipinski definition) is 4. The zero-order chi connectivity index (χ0) is 18.7. The normalized spacial score (nSPS) is 20.0. The van der Waals surface area contributed by atoms with E-state index < -0.39 is 11.6 Å². The summed E-state index contributed by atoms with van der Waals surface area (Å²) in [5.74, 6) is 0.0694. The molecule has 0 bridgehead atoms. The highest BCUT2D eigenvalue weighted by Gasteiger charge is 2.51. The second-order valence-corrected chi connectivity index (χ2v) is 7.03. The molecule has 2 fully saturated rings. The summed E-state index contributed by atoms with van der Waals surface area (Å²) < 4.78 is 5.19. The predicted octanol–water partition coefficient (Wildman–Crippen LogP) is 2.13. The Hall–Kier alpha value is -2.57. The van der Waals surface area contributed by atoms with Gasteiger partial charge in [0.25, 0.3) is 5.91 Å². The van der Waals surface area contributed by atoms with Gasteiger partial charge in [-0.05, 0) is 37.5 Å². The van der Waals surface area contributed by atoms with Crippen molar-refractivity contribution in [3.05, 3.63) is 29.8 Å². The van der Waals surface area contributed by atoms with Gasteiger partial charge in [-0.3, -0.25) is 14.5 Å². The van der Waals surface area contributed by atoms with Crippen molar-refractivity contribution in [3.8, 4) is 5.75 Å². The molecule has 1 atom stereocenters. The molecule has 26 heavy (non-hydrogen) atoms. The summed E-state index contributed by atoms with van der Waals surface area (Å²) >= 11 is 0. The van der Waals surface area contributed by atoms with E-state index in [-0.39, 0.29) is 24.4 Å². The summed E-state index contributed by atoms with van der Waals surface area (Å²) in [5.41, 5.74) is 0.0900. The Bertz CT molecular complexity index is 712. The molecule has 0 aromatic heterocycles. The molecule has 2 aliphatic rings. The van der Waals surface area contributed by atoms with Gasteiger partial charge in [0, 0.05) is 0 Å². The fourth-order valence-electron chi connectivity index (χ4n) is 3.74. The lowest BCUT2D eigenvalue weighted by Gasteiger charge is -2.30. The van der Waals surface area contributed by atoms with E-state index >= 15 is 0 Å². The molecule has 140 valence electrons. The van der Waals surface area contributed by atoms with Gasteiger partial charge >= 0.3 is 6.03 Å². The second kappa shape index (κ2) is 7.35. The van der Waals surface area contributed by atoms with E-state index in [0.717, 1.165) is 29.7 Å². The molecule has 1 saturated heterocycles. The zero-order valence-corrected chi connectivity index (χ0v) is 15.2. The van der Waals surface area contributed by atoms with E-state index in [0.29, 0.717) is 18.6 Å². The highest BCUT2D eigenvalue weighted by atomic mass is 16.5. The van der Waals surface area contributed by atoms with Gasteiger partial charge in [-0.15, -0.1) is 0 Å². The van der Waals surface area contributed by atoms with Crippen LogP contribution >= 0.6 is 0 Å². The first-order valence-electron chi connectivity index (χ1n) is 9.02. The molecule has 1 aliphatic heterocycles. The molecule has 1 heterocycles. The van der Waals surface area contributed by atoms with Crippen molar-refractivity contribution in [1.82, 2.24) is 15.5 Å². The van der Waals surface area contributed by atoms with Crippen molar-refractivity contribution in [3.63, 3.8) is 0 Å². The number of ether oxygens (including phenoxy) is 1. The number of urea groups is 1. The van der Waals surface area contributed by atoms with Gasteiger partial charge in [0.15, 0.2) is 0 Å². The highest BCUT2D eigenvalue weighted by molar-refractivity contribution is 6.09. The number of nitrogens with one attached hydrogen (secondary N) is 2. The summed E-state index contributed by atoms with van der Waals surface area (Å²) in [5, 5.41) is 5.65. The molecule has 3 rings (SSSR count). The lowest BCUT2D eigenvalue weighted by molar-refractivity contribution is -0.136. The van der Waals surface area contributed by atoms with Crippen molar-refractivity contribution >= 4 is 17.8 Å². The number of nitrogens with zero attached hydrogens (tertiary/aromatic N) is 1. The second-order valence-electron chi connectivity index (χ2n) is 7.03. The molecule has 7 heteroatoms. The maximum absolute atomic E-state index is 12.7. The molecule has 1 aliphatic carbocycles. The van der Waals surface area contributed by atoms with Gasteiger partial charge in [-0.1, -0.05) is 31.4 Å². The van der Waals surface area contributed by atoms with Crippen molar-refractivity contribution < 1.29 is 19.1 Å². The van der Waals surface area contributed by atoms with Crippen LogP contribution in [-0.2, 0) is 9.59 Å². The minimum absolute atomic E-state index is 0.262. The Morgan fingerprint density at radius 3 is 2.73 bits per heavy atom. The van der Waals surface area contributed by atoms with Crippen molar-refractivity contribution in [1.29, 1.82) is 0 Å². The van der Waals surface area contributed by atoms with Crippen LogP contribution in [0.15, 0.2) is 24.3 Å². The quantitative estimate of drug-likeness (QED) is 0.789. The van der Waals surface area contributed by atoms with Crippen LogP contribution in [0.4, 0.5) is 4.79 Å². The Kier molecular flexibility index (Phi) is 5.15. The summed E-state index contributed by atoms with van der Waals surface area (Å²) in [4.78, 5) is 38.4. The number of methoxy groups -OCH3 is 1. The summed E-state index contributed by atoms with van der Waals surface area (Å²) in [7, 11) is 1.58. The molecule has 1 aromatic carbocycles. The number of imide groups is 1. The number of rotatable bonds is 5. The van der Waals surface area contributed by atoms with E-state index in [4.69, 9.17) is 4.74 Å². The van der Waals surface area contributed by atoms with Crippen LogP contribution in [-0.4, -0.2) is 41.9 Å². The summed E-state index contributed by atoms with van der Waals surface area (Å²) in [6.07, 6.45) is 4.20. The fraction of sp³-hybridized carbons (Fsp3) is 0.526. The smallest absolute Gasteiger partial charge is 0.325 e. The maximum Gasteiger partial charge on any atom is 0.325 e. The number of carbonyl (C=O) groups is 3. The van der Waals surface area contributed by atoms with Gasteiger partial charge in [0.05, 0.1) is 13.2 Å². The van der Waals surface area contributed by atoms with Crippen LogP contribution in [0.5, 0.6) is 5.75 Å². The van der Waals surface area contributed by atoms with Crippen molar-refractivity contribution in [2.45, 2.75) is 50.6 Å². The van der Waals surface area contributed by atoms with E-state index in [1.807, 2.05) is 31.2 Å². The summed E-state index contributed by atoms with van der Waals surface area (Å²) in [6, 6.07) is 6.67. The van der Waals surface area contributed by atoms with E-state index in [1.165, 1.54) is 0 Å². The van der Waals surface area contributed by atoms with Crippen LogP contribution in [0.25, 0.3) is 0 Å². The number of benzene rings is 1. The average Bonchev–Trinajstić information content (AvgIpc) is 2.86. The van der Waals surface area contributed by atoms with E-state index in [2.05, 4.69) is 10.6 Å². The van der Waals surface area contributed by atoms with Gasteiger partial charge in [0.1, 0.15) is 17.8 Å². The fourth-order valence-corrected chi connectivity index (χ4v) is 3.74. The molecule has 4 amide bonds. The monoisotopic (exact) mass is 359 g/mol. The van der Waals surface area contributed by atoms with Crippen LogP contribution < -0.4 is 15.4 Å². The third kappa shape index (κ3) is 3.52. The molecular formula is C19H25N3O4. The lowest BCUT2D eigenvalue weighted by Crippen LogP contribution is -2.49. The summed E-state index contributed by atoms with van der Waals surface area (Å²) in [6.45, 7) is 1.59. The first-order valence-corrected chi connectivity index (χ1v) is 9.02. The SMILES string of the molecule is COc1cccc(C(C)NC(=O)CN2C(=O)NC3(CCCCC3)C2=O)c1. The molecule has 2 N–H and O–H groups in total.